The molecule has 0 aromatic carbocycles. The first-order valence-corrected chi connectivity index (χ1v) is 7.44. The normalized spacial score (nSPS) is 14.6. The standard InChI is InChI=1S/C16H29N3O/c1-8-16(6,20-7)15-18-12(4)14(13(5)19-15)10-17-9-11(2)3/h11,17H,8-10H2,1-7H3. The van der Waals surface area contributed by atoms with E-state index in [1.165, 1.54) is 5.56 Å². The monoisotopic (exact) mass is 279 g/mol. The predicted molar refractivity (Wildman–Crippen MR) is 82.7 cm³/mol. The molecule has 1 N–H and O–H groups in total. The lowest BCUT2D eigenvalue weighted by molar-refractivity contribution is -0.00928. The molecule has 4 nitrogen and oxygen atoms in total. The molecule has 0 amide bonds. The summed E-state index contributed by atoms with van der Waals surface area (Å²) in [5.41, 5.74) is 2.88. The number of aryl methyl sites for hydroxylation is 2. The van der Waals surface area contributed by atoms with E-state index in [1.54, 1.807) is 7.11 Å². The molecule has 20 heavy (non-hydrogen) atoms. The fraction of sp³-hybridized carbons (Fsp3) is 0.750. The van der Waals surface area contributed by atoms with Gasteiger partial charge in [-0.1, -0.05) is 20.8 Å². The highest BCUT2D eigenvalue weighted by Crippen LogP contribution is 2.26. The molecule has 1 aromatic heterocycles. The number of hydrogen-bond acceptors (Lipinski definition) is 4. The Morgan fingerprint density at radius 3 is 2.15 bits per heavy atom. The minimum Gasteiger partial charge on any atom is -0.371 e. The first kappa shape index (κ1) is 17.1. The van der Waals surface area contributed by atoms with E-state index >= 15 is 0 Å². The zero-order chi connectivity index (χ0) is 15.3. The van der Waals surface area contributed by atoms with Gasteiger partial charge in [0.05, 0.1) is 0 Å². The number of nitrogens with zero attached hydrogens (tertiary/aromatic N) is 2. The van der Waals surface area contributed by atoms with Gasteiger partial charge in [0.2, 0.25) is 0 Å². The second-order valence-electron chi connectivity index (χ2n) is 6.01. The van der Waals surface area contributed by atoms with Crippen molar-refractivity contribution in [1.29, 1.82) is 0 Å². The van der Waals surface area contributed by atoms with Gasteiger partial charge >= 0.3 is 0 Å². The van der Waals surface area contributed by atoms with Crippen LogP contribution in [0.2, 0.25) is 0 Å². The topological polar surface area (TPSA) is 47.0 Å². The zero-order valence-corrected chi connectivity index (χ0v) is 14.0. The summed E-state index contributed by atoms with van der Waals surface area (Å²) >= 11 is 0. The van der Waals surface area contributed by atoms with Crippen LogP contribution >= 0.6 is 0 Å². The highest BCUT2D eigenvalue weighted by atomic mass is 16.5. The summed E-state index contributed by atoms with van der Waals surface area (Å²) in [6.45, 7) is 14.5. The van der Waals surface area contributed by atoms with Crippen LogP contribution < -0.4 is 5.32 Å². The summed E-state index contributed by atoms with van der Waals surface area (Å²) in [5, 5.41) is 3.46. The summed E-state index contributed by atoms with van der Waals surface area (Å²) in [6.07, 6.45) is 0.854. The van der Waals surface area contributed by atoms with Gasteiger partial charge in [0.1, 0.15) is 5.60 Å². The number of hydrogen-bond donors (Lipinski definition) is 1. The quantitative estimate of drug-likeness (QED) is 0.833. The lowest BCUT2D eigenvalue weighted by atomic mass is 10.0. The van der Waals surface area contributed by atoms with Gasteiger partial charge in [0.15, 0.2) is 5.82 Å². The number of aromatic nitrogens is 2. The van der Waals surface area contributed by atoms with Crippen molar-refractivity contribution in [1.82, 2.24) is 15.3 Å². The van der Waals surface area contributed by atoms with Crippen LogP contribution in [0.1, 0.15) is 56.9 Å². The third kappa shape index (κ3) is 4.00. The van der Waals surface area contributed by atoms with Gasteiger partial charge in [-0.05, 0) is 39.7 Å². The molecule has 0 aliphatic carbocycles. The first-order chi connectivity index (χ1) is 9.34. The maximum Gasteiger partial charge on any atom is 0.160 e. The van der Waals surface area contributed by atoms with E-state index in [2.05, 4.69) is 49.9 Å². The van der Waals surface area contributed by atoms with E-state index in [-0.39, 0.29) is 0 Å². The predicted octanol–water partition coefficient (Wildman–Crippen LogP) is 3.11. The number of nitrogens with one attached hydrogen (secondary N) is 1. The highest BCUT2D eigenvalue weighted by Gasteiger charge is 2.28. The zero-order valence-electron chi connectivity index (χ0n) is 14.0. The minimum atomic E-state index is -0.403. The molecule has 1 heterocycles. The number of rotatable bonds is 7. The molecular weight excluding hydrogens is 250 g/mol. The van der Waals surface area contributed by atoms with Gasteiger partial charge < -0.3 is 10.1 Å². The van der Waals surface area contributed by atoms with Crippen LogP contribution in [-0.4, -0.2) is 23.6 Å². The average molecular weight is 279 g/mol. The van der Waals surface area contributed by atoms with Gasteiger partial charge in [-0.15, -0.1) is 0 Å². The summed E-state index contributed by atoms with van der Waals surface area (Å²) in [6, 6.07) is 0. The van der Waals surface area contributed by atoms with Crippen molar-refractivity contribution >= 4 is 0 Å². The van der Waals surface area contributed by atoms with E-state index in [1.807, 2.05) is 6.92 Å². The molecule has 0 radical (unpaired) electrons. The van der Waals surface area contributed by atoms with Crippen LogP contribution in [0.25, 0.3) is 0 Å². The minimum absolute atomic E-state index is 0.403. The van der Waals surface area contributed by atoms with Crippen molar-refractivity contribution in [2.45, 2.75) is 60.1 Å². The molecule has 1 atom stereocenters. The molecule has 1 aromatic rings. The third-order valence-electron chi connectivity index (χ3n) is 3.87. The molecule has 4 heteroatoms. The van der Waals surface area contributed by atoms with Crippen LogP contribution in [-0.2, 0) is 16.9 Å². The Hall–Kier alpha value is -1.00. The molecule has 114 valence electrons. The maximum atomic E-state index is 5.59. The summed E-state index contributed by atoms with van der Waals surface area (Å²) in [5.74, 6) is 1.43. The maximum absolute atomic E-state index is 5.59. The number of methoxy groups -OCH3 is 1. The van der Waals surface area contributed by atoms with Crippen molar-refractivity contribution < 1.29 is 4.74 Å². The summed E-state index contributed by atoms with van der Waals surface area (Å²) in [7, 11) is 1.72. The second kappa shape index (κ2) is 7.14. The van der Waals surface area contributed by atoms with Crippen molar-refractivity contribution in [3.05, 3.63) is 22.8 Å². The molecular formula is C16H29N3O. The largest absolute Gasteiger partial charge is 0.371 e. The van der Waals surface area contributed by atoms with Crippen LogP contribution in [0.3, 0.4) is 0 Å². The molecule has 0 fully saturated rings. The molecule has 0 bridgehead atoms. The van der Waals surface area contributed by atoms with Crippen molar-refractivity contribution in [2.24, 2.45) is 5.92 Å². The van der Waals surface area contributed by atoms with Gasteiger partial charge in [0.25, 0.3) is 0 Å². The van der Waals surface area contributed by atoms with E-state index in [0.29, 0.717) is 5.92 Å². The molecule has 0 aliphatic heterocycles. The van der Waals surface area contributed by atoms with Crippen molar-refractivity contribution in [3.8, 4) is 0 Å². The van der Waals surface area contributed by atoms with Crippen LogP contribution in [0.4, 0.5) is 0 Å². The molecule has 0 aliphatic rings. The SMILES string of the molecule is CCC(C)(OC)c1nc(C)c(CNCC(C)C)c(C)n1. The van der Waals surface area contributed by atoms with E-state index in [9.17, 15) is 0 Å². The second-order valence-corrected chi connectivity index (χ2v) is 6.01. The van der Waals surface area contributed by atoms with Gasteiger partial charge in [-0.3, -0.25) is 0 Å². The number of ether oxygens (including phenoxy) is 1. The lowest BCUT2D eigenvalue weighted by Crippen LogP contribution is -2.28. The van der Waals surface area contributed by atoms with E-state index in [0.717, 1.165) is 36.7 Å². The molecule has 0 saturated carbocycles. The Balaban J connectivity index is 2.97. The molecule has 1 rings (SSSR count). The van der Waals surface area contributed by atoms with Crippen LogP contribution in [0.15, 0.2) is 0 Å². The highest BCUT2D eigenvalue weighted by molar-refractivity contribution is 5.25. The third-order valence-corrected chi connectivity index (χ3v) is 3.87. The fourth-order valence-corrected chi connectivity index (χ4v) is 2.11. The van der Waals surface area contributed by atoms with Crippen LogP contribution in [0, 0.1) is 19.8 Å². The Bertz CT molecular complexity index is 416. The molecule has 1 unspecified atom stereocenters. The Labute approximate surface area is 123 Å². The van der Waals surface area contributed by atoms with Gasteiger partial charge in [-0.2, -0.15) is 0 Å². The summed E-state index contributed by atoms with van der Waals surface area (Å²) in [4.78, 5) is 9.34. The van der Waals surface area contributed by atoms with E-state index in [4.69, 9.17) is 4.74 Å². The Morgan fingerprint density at radius 2 is 1.75 bits per heavy atom. The van der Waals surface area contributed by atoms with Gasteiger partial charge in [0, 0.05) is 30.6 Å². The average Bonchev–Trinajstić information content (AvgIpc) is 2.40. The Morgan fingerprint density at radius 1 is 1.20 bits per heavy atom. The smallest absolute Gasteiger partial charge is 0.160 e. The fourth-order valence-electron chi connectivity index (χ4n) is 2.11. The molecule has 0 saturated heterocycles. The van der Waals surface area contributed by atoms with Crippen LogP contribution in [0.5, 0.6) is 0 Å². The van der Waals surface area contributed by atoms with Crippen molar-refractivity contribution in [3.63, 3.8) is 0 Å². The molecule has 0 spiro atoms. The lowest BCUT2D eigenvalue weighted by Gasteiger charge is -2.26. The van der Waals surface area contributed by atoms with Gasteiger partial charge in [-0.25, -0.2) is 9.97 Å². The van der Waals surface area contributed by atoms with E-state index < -0.39 is 5.60 Å². The summed E-state index contributed by atoms with van der Waals surface area (Å²) < 4.78 is 5.59. The Kier molecular flexibility index (Phi) is 6.08. The first-order valence-electron chi connectivity index (χ1n) is 7.44. The van der Waals surface area contributed by atoms with Crippen molar-refractivity contribution in [2.75, 3.05) is 13.7 Å².